The van der Waals surface area contributed by atoms with Crippen molar-refractivity contribution in [3.63, 3.8) is 0 Å². The fraction of sp³-hybridized carbons (Fsp3) is 0.323. The number of fused-ring (bicyclic) bond motifs is 1. The third-order valence-corrected chi connectivity index (χ3v) is 7.54. The molecule has 0 bridgehead atoms. The van der Waals surface area contributed by atoms with Crippen molar-refractivity contribution in [2.75, 3.05) is 68.8 Å². The number of urea groups is 2. The van der Waals surface area contributed by atoms with Gasteiger partial charge in [0, 0.05) is 31.4 Å². The van der Waals surface area contributed by atoms with Crippen LogP contribution in [0.4, 0.5) is 25.4 Å². The number of carbonyl (C=O) groups is 2. The van der Waals surface area contributed by atoms with Crippen LogP contribution in [0.3, 0.4) is 0 Å². The van der Waals surface area contributed by atoms with E-state index >= 15 is 0 Å². The number of hydrogen-bond acceptors (Lipinski definition) is 9. The monoisotopic (exact) mass is 634 g/mol. The topological polar surface area (TPSA) is 154 Å². The minimum atomic E-state index is -0.896. The van der Waals surface area contributed by atoms with E-state index in [1.54, 1.807) is 53.2 Å². The molecule has 1 aliphatic heterocycles. The van der Waals surface area contributed by atoms with E-state index < -0.39 is 17.9 Å². The molecule has 15 heteroatoms. The van der Waals surface area contributed by atoms with Crippen LogP contribution in [0.15, 0.2) is 65.5 Å². The van der Waals surface area contributed by atoms with Crippen LogP contribution in [-0.4, -0.2) is 90.3 Å². The Morgan fingerprint density at radius 3 is 2.39 bits per heavy atom. The second-order valence-electron chi connectivity index (χ2n) is 10.4. The average Bonchev–Trinajstić information content (AvgIpc) is 3.08. The highest BCUT2D eigenvalue weighted by Crippen LogP contribution is 2.35. The number of ether oxygens (including phenoxy) is 2. The summed E-state index contributed by atoms with van der Waals surface area (Å²) < 4.78 is 25.9. The molecule has 0 saturated carbocycles. The van der Waals surface area contributed by atoms with Gasteiger partial charge in [0.25, 0.3) is 5.56 Å². The van der Waals surface area contributed by atoms with Crippen molar-refractivity contribution >= 4 is 34.3 Å². The summed E-state index contributed by atoms with van der Waals surface area (Å²) in [5.41, 5.74) is 0.689. The second-order valence-corrected chi connectivity index (χ2v) is 10.4. The smallest absolute Gasteiger partial charge is 0.327 e. The van der Waals surface area contributed by atoms with E-state index in [9.17, 15) is 18.8 Å². The molecule has 1 fully saturated rings. The molecule has 2 aromatic heterocycles. The number of para-hydroxylation sites is 1. The molecule has 14 nitrogen and oxygen atoms in total. The maximum absolute atomic E-state index is 14.1. The Bertz CT molecular complexity index is 1760. The predicted octanol–water partition coefficient (Wildman–Crippen LogP) is 2.70. The van der Waals surface area contributed by atoms with Crippen molar-refractivity contribution in [3.05, 3.63) is 82.7 Å². The first kappa shape index (κ1) is 32.0. The van der Waals surface area contributed by atoms with Crippen molar-refractivity contribution in [3.8, 4) is 11.8 Å². The largest absolute Gasteiger partial charge is 0.481 e. The van der Waals surface area contributed by atoms with Crippen molar-refractivity contribution in [1.29, 1.82) is 0 Å². The molecule has 46 heavy (non-hydrogen) atoms. The molecular formula is C31H35FN8O6. The summed E-state index contributed by atoms with van der Waals surface area (Å²) in [5.74, 6) is 0.125. The number of anilines is 2. The molecule has 1 aliphatic rings. The molecule has 0 aliphatic carbocycles. The van der Waals surface area contributed by atoms with Crippen LogP contribution >= 0.6 is 0 Å². The number of piperazine rings is 1. The zero-order valence-electron chi connectivity index (χ0n) is 25.6. The Morgan fingerprint density at radius 2 is 1.72 bits per heavy atom. The number of nitrogens with one attached hydrogen (secondary N) is 2. The first-order valence-corrected chi connectivity index (χ1v) is 14.6. The Labute approximate surface area is 263 Å². The number of hydrogen-bond donors (Lipinski definition) is 3. The molecule has 3 heterocycles. The molecule has 1 unspecified atom stereocenters. The Morgan fingerprint density at radius 1 is 1.00 bits per heavy atom. The molecular weight excluding hydrogens is 599 g/mol. The first-order chi connectivity index (χ1) is 22.2. The number of nitrogens with zero attached hydrogens (tertiary/aromatic N) is 6. The van der Waals surface area contributed by atoms with Crippen LogP contribution in [0.5, 0.6) is 11.8 Å². The fourth-order valence-electron chi connectivity index (χ4n) is 5.25. The quantitative estimate of drug-likeness (QED) is 0.252. The highest BCUT2D eigenvalue weighted by Gasteiger charge is 2.33. The van der Waals surface area contributed by atoms with Crippen LogP contribution in [-0.2, 0) is 0 Å². The van der Waals surface area contributed by atoms with Crippen molar-refractivity contribution < 1.29 is 28.6 Å². The second kappa shape index (κ2) is 14.1. The summed E-state index contributed by atoms with van der Waals surface area (Å²) in [7, 11) is 2.86. The standard InChI is InChI=1S/C31H35FN8O6/c1-20(39(25-12-13-26(45-2)36-28(25)46-3)31(44)34-22-10-8-21(32)9-11-22)27-35-24-7-5-4-6-23(24)29(42)40(27)38-17-15-37(16-18-38)30(43)33-14-19-41/h4-13,20,41H,14-19H2,1-3H3,(H,33,43)(H,34,44). The Balaban J connectivity index is 1.60. The highest BCUT2D eigenvalue weighted by atomic mass is 19.1. The van der Waals surface area contributed by atoms with Gasteiger partial charge in [0.2, 0.25) is 11.8 Å². The number of aliphatic hydroxyl groups is 1. The molecule has 4 aromatic rings. The zero-order chi connectivity index (χ0) is 32.8. The number of amides is 4. The summed E-state index contributed by atoms with van der Waals surface area (Å²) in [6, 6.07) is 13.6. The van der Waals surface area contributed by atoms with Gasteiger partial charge in [-0.2, -0.15) is 4.98 Å². The number of pyridine rings is 1. The SMILES string of the molecule is COc1ccc(N(C(=O)Nc2ccc(F)cc2)C(C)c2nc3ccccc3c(=O)n2N2CCN(C(=O)NCCO)CC2)c(OC)n1. The van der Waals surface area contributed by atoms with Crippen LogP contribution in [0.25, 0.3) is 10.9 Å². The van der Waals surface area contributed by atoms with E-state index in [4.69, 9.17) is 19.6 Å². The lowest BCUT2D eigenvalue weighted by Crippen LogP contribution is -2.58. The molecule has 242 valence electrons. The normalized spacial score (nSPS) is 13.7. The van der Waals surface area contributed by atoms with E-state index in [-0.39, 0.29) is 48.0 Å². The maximum Gasteiger partial charge on any atom is 0.327 e. The van der Waals surface area contributed by atoms with E-state index in [2.05, 4.69) is 15.6 Å². The number of aromatic nitrogens is 3. The minimum absolute atomic E-state index is 0.0812. The molecule has 0 spiro atoms. The van der Waals surface area contributed by atoms with E-state index in [1.165, 1.54) is 48.1 Å². The lowest BCUT2D eigenvalue weighted by Gasteiger charge is -2.39. The van der Waals surface area contributed by atoms with Crippen LogP contribution in [0.1, 0.15) is 18.8 Å². The molecule has 4 amide bonds. The summed E-state index contributed by atoms with van der Waals surface area (Å²) >= 11 is 0. The third-order valence-electron chi connectivity index (χ3n) is 7.54. The van der Waals surface area contributed by atoms with Gasteiger partial charge in [0.15, 0.2) is 5.82 Å². The molecule has 3 N–H and O–H groups in total. The number of aliphatic hydroxyl groups excluding tert-OH is 1. The number of carbonyl (C=O) groups excluding carboxylic acids is 2. The number of benzene rings is 2. The summed E-state index contributed by atoms with van der Waals surface area (Å²) in [6.07, 6.45) is 0. The Kier molecular flexibility index (Phi) is 9.81. The Hall–Kier alpha value is -5.44. The van der Waals surface area contributed by atoms with Gasteiger partial charge >= 0.3 is 12.1 Å². The van der Waals surface area contributed by atoms with E-state index in [0.717, 1.165) is 0 Å². The first-order valence-electron chi connectivity index (χ1n) is 14.6. The van der Waals surface area contributed by atoms with Crippen LogP contribution in [0.2, 0.25) is 0 Å². The van der Waals surface area contributed by atoms with Gasteiger partial charge in [0.05, 0.1) is 50.9 Å². The molecule has 0 radical (unpaired) electrons. The number of rotatable bonds is 9. The molecule has 1 saturated heterocycles. The fourth-order valence-corrected chi connectivity index (χ4v) is 5.25. The van der Waals surface area contributed by atoms with Crippen LogP contribution < -0.4 is 35.6 Å². The average molecular weight is 635 g/mol. The van der Waals surface area contributed by atoms with Gasteiger partial charge in [-0.1, -0.05) is 12.1 Å². The van der Waals surface area contributed by atoms with Gasteiger partial charge in [-0.25, -0.2) is 23.6 Å². The highest BCUT2D eigenvalue weighted by molar-refractivity contribution is 6.03. The third kappa shape index (κ3) is 6.63. The van der Waals surface area contributed by atoms with Crippen molar-refractivity contribution in [1.82, 2.24) is 24.9 Å². The van der Waals surface area contributed by atoms with Gasteiger partial charge in [-0.3, -0.25) is 9.69 Å². The summed E-state index contributed by atoms with van der Waals surface area (Å²) in [6.45, 7) is 2.87. The summed E-state index contributed by atoms with van der Waals surface area (Å²) in [4.78, 5) is 52.9. The lowest BCUT2D eigenvalue weighted by atomic mass is 10.2. The molecule has 1 atom stereocenters. The number of halogens is 1. The van der Waals surface area contributed by atoms with E-state index in [0.29, 0.717) is 42.8 Å². The maximum atomic E-state index is 14.1. The van der Waals surface area contributed by atoms with Crippen molar-refractivity contribution in [2.45, 2.75) is 13.0 Å². The lowest BCUT2D eigenvalue weighted by molar-refractivity contribution is 0.185. The van der Waals surface area contributed by atoms with Crippen molar-refractivity contribution in [2.24, 2.45) is 0 Å². The van der Waals surface area contributed by atoms with Gasteiger partial charge < -0.3 is 35.1 Å². The van der Waals surface area contributed by atoms with Gasteiger partial charge in [-0.15, -0.1) is 0 Å². The van der Waals surface area contributed by atoms with E-state index in [1.807, 2.05) is 0 Å². The van der Waals surface area contributed by atoms with Crippen LogP contribution in [0, 0.1) is 5.82 Å². The molecule has 2 aromatic carbocycles. The minimum Gasteiger partial charge on any atom is -0.481 e. The number of methoxy groups -OCH3 is 2. The van der Waals surface area contributed by atoms with Gasteiger partial charge in [-0.05, 0) is 49.4 Å². The zero-order valence-corrected chi connectivity index (χ0v) is 25.6. The van der Waals surface area contributed by atoms with Gasteiger partial charge in [0.1, 0.15) is 11.5 Å². The predicted molar refractivity (Wildman–Crippen MR) is 170 cm³/mol. The molecule has 5 rings (SSSR count). The summed E-state index contributed by atoms with van der Waals surface area (Å²) in [5, 5.41) is 16.7.